The van der Waals surface area contributed by atoms with Gasteiger partial charge in [0.2, 0.25) is 0 Å². The van der Waals surface area contributed by atoms with E-state index >= 15 is 0 Å². The largest absolute Gasteiger partial charge is 0.335 e. The standard InChI is InChI=1S/C22H24ClN5O/c1-17-5-2-3-7-19(17)15-28-16-21(24-25-28)22(29)27-11-9-26(10-12-27)14-18-6-4-8-20(23)13-18/h2-8,13,16H,9-12,14-15H2,1H3. The monoisotopic (exact) mass is 409 g/mol. The van der Waals surface area contributed by atoms with Crippen molar-refractivity contribution in [1.82, 2.24) is 24.8 Å². The van der Waals surface area contributed by atoms with E-state index in [0.29, 0.717) is 25.3 Å². The number of hydrogen-bond acceptors (Lipinski definition) is 4. The molecule has 0 N–H and O–H groups in total. The van der Waals surface area contributed by atoms with Gasteiger partial charge >= 0.3 is 0 Å². The molecule has 150 valence electrons. The number of carbonyl (C=O) groups is 1. The van der Waals surface area contributed by atoms with Gasteiger partial charge in [0, 0.05) is 37.7 Å². The summed E-state index contributed by atoms with van der Waals surface area (Å²) in [7, 11) is 0. The number of hydrogen-bond donors (Lipinski definition) is 0. The Morgan fingerprint density at radius 1 is 1.03 bits per heavy atom. The number of aryl methyl sites for hydroxylation is 1. The number of amides is 1. The number of halogens is 1. The van der Waals surface area contributed by atoms with Gasteiger partial charge in [-0.1, -0.05) is 53.2 Å². The lowest BCUT2D eigenvalue weighted by Gasteiger charge is -2.34. The van der Waals surface area contributed by atoms with Crippen LogP contribution < -0.4 is 0 Å². The highest BCUT2D eigenvalue weighted by atomic mass is 35.5. The molecular weight excluding hydrogens is 386 g/mol. The molecule has 1 aliphatic rings. The fourth-order valence-electron chi connectivity index (χ4n) is 3.60. The molecule has 7 heteroatoms. The van der Waals surface area contributed by atoms with Gasteiger partial charge in [0.05, 0.1) is 12.7 Å². The Morgan fingerprint density at radius 2 is 1.83 bits per heavy atom. The van der Waals surface area contributed by atoms with E-state index in [1.807, 2.05) is 35.2 Å². The van der Waals surface area contributed by atoms with E-state index in [1.165, 1.54) is 16.7 Å². The molecule has 0 atom stereocenters. The number of rotatable bonds is 5. The molecule has 1 aromatic heterocycles. The molecular formula is C22H24ClN5O. The average molecular weight is 410 g/mol. The second kappa shape index (κ2) is 8.76. The van der Waals surface area contributed by atoms with E-state index in [4.69, 9.17) is 11.6 Å². The topological polar surface area (TPSA) is 54.3 Å². The van der Waals surface area contributed by atoms with Gasteiger partial charge in [0.25, 0.3) is 5.91 Å². The fourth-order valence-corrected chi connectivity index (χ4v) is 3.81. The highest BCUT2D eigenvalue weighted by Gasteiger charge is 2.24. The highest BCUT2D eigenvalue weighted by Crippen LogP contribution is 2.15. The maximum atomic E-state index is 12.8. The molecule has 0 bridgehead atoms. The molecule has 0 saturated carbocycles. The van der Waals surface area contributed by atoms with Crippen LogP contribution in [0.15, 0.2) is 54.7 Å². The van der Waals surface area contributed by atoms with Crippen LogP contribution in [0.3, 0.4) is 0 Å². The SMILES string of the molecule is Cc1ccccc1Cn1cc(C(=O)N2CCN(Cc3cccc(Cl)c3)CC2)nn1. The molecule has 1 saturated heterocycles. The maximum absolute atomic E-state index is 12.8. The predicted molar refractivity (Wildman–Crippen MR) is 113 cm³/mol. The van der Waals surface area contributed by atoms with Crippen LogP contribution in [0.2, 0.25) is 5.02 Å². The Kier molecular flexibility index (Phi) is 5.92. The van der Waals surface area contributed by atoms with Crippen LogP contribution in [0, 0.1) is 6.92 Å². The van der Waals surface area contributed by atoms with Crippen molar-refractivity contribution in [3.05, 3.63) is 82.1 Å². The number of aromatic nitrogens is 3. The Hall–Kier alpha value is -2.70. The summed E-state index contributed by atoms with van der Waals surface area (Å²) < 4.78 is 1.73. The Bertz CT molecular complexity index is 994. The summed E-state index contributed by atoms with van der Waals surface area (Å²) in [4.78, 5) is 17.0. The van der Waals surface area contributed by atoms with E-state index in [0.717, 1.165) is 24.7 Å². The van der Waals surface area contributed by atoms with Crippen LogP contribution >= 0.6 is 11.6 Å². The fraction of sp³-hybridized carbons (Fsp3) is 0.318. The Morgan fingerprint density at radius 3 is 2.59 bits per heavy atom. The number of benzene rings is 2. The summed E-state index contributed by atoms with van der Waals surface area (Å²) in [5.41, 5.74) is 3.97. The summed E-state index contributed by atoms with van der Waals surface area (Å²) in [6.45, 7) is 6.55. The lowest BCUT2D eigenvalue weighted by Crippen LogP contribution is -2.48. The number of nitrogens with zero attached hydrogens (tertiary/aromatic N) is 5. The minimum atomic E-state index is -0.0524. The first-order valence-corrected chi connectivity index (χ1v) is 10.2. The first kappa shape index (κ1) is 19.6. The molecule has 3 aromatic rings. The van der Waals surface area contributed by atoms with E-state index in [9.17, 15) is 4.79 Å². The highest BCUT2D eigenvalue weighted by molar-refractivity contribution is 6.30. The van der Waals surface area contributed by atoms with E-state index in [2.05, 4.69) is 40.3 Å². The number of carbonyl (C=O) groups excluding carboxylic acids is 1. The average Bonchev–Trinajstić information content (AvgIpc) is 3.18. The molecule has 0 spiro atoms. The predicted octanol–water partition coefficient (Wildman–Crippen LogP) is 3.25. The zero-order valence-corrected chi connectivity index (χ0v) is 17.2. The van der Waals surface area contributed by atoms with Gasteiger partial charge in [0.15, 0.2) is 5.69 Å². The minimum Gasteiger partial charge on any atom is -0.335 e. The lowest BCUT2D eigenvalue weighted by atomic mass is 10.1. The third kappa shape index (κ3) is 4.83. The van der Waals surface area contributed by atoms with Crippen molar-refractivity contribution in [2.45, 2.75) is 20.0 Å². The van der Waals surface area contributed by atoms with Crippen molar-refractivity contribution >= 4 is 17.5 Å². The Balaban J connectivity index is 1.33. The van der Waals surface area contributed by atoms with Crippen LogP contribution in [0.5, 0.6) is 0 Å². The molecule has 1 fully saturated rings. The zero-order chi connectivity index (χ0) is 20.2. The van der Waals surface area contributed by atoms with Crippen LogP contribution in [0.4, 0.5) is 0 Å². The van der Waals surface area contributed by atoms with Crippen molar-refractivity contribution in [1.29, 1.82) is 0 Å². The quantitative estimate of drug-likeness (QED) is 0.649. The van der Waals surface area contributed by atoms with E-state index in [1.54, 1.807) is 10.9 Å². The first-order chi connectivity index (χ1) is 14.1. The van der Waals surface area contributed by atoms with Gasteiger partial charge in [-0.25, -0.2) is 4.68 Å². The molecule has 0 unspecified atom stereocenters. The molecule has 2 heterocycles. The first-order valence-electron chi connectivity index (χ1n) is 9.79. The summed E-state index contributed by atoms with van der Waals surface area (Å²) in [5.74, 6) is -0.0524. The van der Waals surface area contributed by atoms with Crippen molar-refractivity contribution in [2.24, 2.45) is 0 Å². The molecule has 1 amide bonds. The third-order valence-electron chi connectivity index (χ3n) is 5.31. The molecule has 29 heavy (non-hydrogen) atoms. The summed E-state index contributed by atoms with van der Waals surface area (Å²) in [5, 5.41) is 9.01. The van der Waals surface area contributed by atoms with Crippen LogP contribution in [-0.2, 0) is 13.1 Å². The van der Waals surface area contributed by atoms with Crippen molar-refractivity contribution in [2.75, 3.05) is 26.2 Å². The maximum Gasteiger partial charge on any atom is 0.276 e. The molecule has 4 rings (SSSR count). The second-order valence-corrected chi connectivity index (χ2v) is 7.86. The lowest BCUT2D eigenvalue weighted by molar-refractivity contribution is 0.0622. The normalized spacial score (nSPS) is 14.9. The third-order valence-corrected chi connectivity index (χ3v) is 5.54. The van der Waals surface area contributed by atoms with Gasteiger partial charge in [-0.15, -0.1) is 5.10 Å². The van der Waals surface area contributed by atoms with Crippen LogP contribution in [0.25, 0.3) is 0 Å². The van der Waals surface area contributed by atoms with Crippen LogP contribution in [-0.4, -0.2) is 56.9 Å². The van der Waals surface area contributed by atoms with Gasteiger partial charge in [-0.2, -0.15) is 0 Å². The van der Waals surface area contributed by atoms with Gasteiger partial charge in [0.1, 0.15) is 0 Å². The molecule has 0 radical (unpaired) electrons. The van der Waals surface area contributed by atoms with E-state index < -0.39 is 0 Å². The second-order valence-electron chi connectivity index (χ2n) is 7.43. The van der Waals surface area contributed by atoms with E-state index in [-0.39, 0.29) is 5.91 Å². The molecule has 6 nitrogen and oxygen atoms in total. The van der Waals surface area contributed by atoms with Crippen molar-refractivity contribution in [3.8, 4) is 0 Å². The molecule has 0 aliphatic carbocycles. The summed E-state index contributed by atoms with van der Waals surface area (Å²) in [6.07, 6.45) is 1.74. The molecule has 1 aliphatic heterocycles. The zero-order valence-electron chi connectivity index (χ0n) is 16.5. The van der Waals surface area contributed by atoms with Gasteiger partial charge in [-0.05, 0) is 35.7 Å². The summed E-state index contributed by atoms with van der Waals surface area (Å²) in [6, 6.07) is 16.1. The van der Waals surface area contributed by atoms with Gasteiger partial charge < -0.3 is 4.90 Å². The van der Waals surface area contributed by atoms with Gasteiger partial charge in [-0.3, -0.25) is 9.69 Å². The van der Waals surface area contributed by atoms with Crippen LogP contribution in [0.1, 0.15) is 27.2 Å². The summed E-state index contributed by atoms with van der Waals surface area (Å²) >= 11 is 6.07. The smallest absolute Gasteiger partial charge is 0.276 e. The molecule has 2 aromatic carbocycles. The van der Waals surface area contributed by atoms with Crippen molar-refractivity contribution < 1.29 is 4.79 Å². The number of piperazine rings is 1. The Labute approximate surface area is 175 Å². The minimum absolute atomic E-state index is 0.0524. The van der Waals surface area contributed by atoms with Crippen molar-refractivity contribution in [3.63, 3.8) is 0 Å².